The summed E-state index contributed by atoms with van der Waals surface area (Å²) in [5.41, 5.74) is 10.2. The molecule has 3 N–H and O–H groups in total. The molecular weight excluding hydrogens is 352 g/mol. The van der Waals surface area contributed by atoms with Crippen molar-refractivity contribution in [3.05, 3.63) is 76.7 Å². The van der Waals surface area contributed by atoms with Crippen LogP contribution in [0.1, 0.15) is 32.7 Å². The lowest BCUT2D eigenvalue weighted by Gasteiger charge is -2.16. The minimum Gasteiger partial charge on any atom is -0.368 e. The summed E-state index contributed by atoms with van der Waals surface area (Å²) in [6.07, 6.45) is 3.46. The minimum absolute atomic E-state index is 0.170. The molecule has 1 amide bonds. The molecule has 2 aromatic heterocycles. The van der Waals surface area contributed by atoms with Gasteiger partial charge in [-0.05, 0) is 56.3 Å². The number of nitrogens with zero attached hydrogens (tertiary/aromatic N) is 4. The van der Waals surface area contributed by atoms with Crippen LogP contribution in [-0.4, -0.2) is 32.8 Å². The highest BCUT2D eigenvalue weighted by atomic mass is 16.1. The number of carbonyl (C=O) groups is 1. The second-order valence-electron chi connectivity index (χ2n) is 6.94. The number of nitrogen functional groups attached to an aromatic ring is 1. The number of hydrogen-bond donors (Lipinski definition) is 2. The Morgan fingerprint density at radius 2 is 1.68 bits per heavy atom. The van der Waals surface area contributed by atoms with Gasteiger partial charge in [0.2, 0.25) is 5.95 Å². The number of aryl methyl sites for hydroxylation is 2. The third-order valence-electron chi connectivity index (χ3n) is 4.19. The van der Waals surface area contributed by atoms with Gasteiger partial charge in [0.25, 0.3) is 5.91 Å². The Bertz CT molecular complexity index is 933. The fraction of sp³-hybridized carbons (Fsp3) is 0.238. The van der Waals surface area contributed by atoms with E-state index in [1.165, 1.54) is 0 Å². The second kappa shape index (κ2) is 8.58. The first-order valence-electron chi connectivity index (χ1n) is 8.99. The fourth-order valence-electron chi connectivity index (χ4n) is 2.98. The lowest BCUT2D eigenvalue weighted by molar-refractivity contribution is 0.102. The molecule has 7 nitrogen and oxygen atoms in total. The molecule has 0 saturated heterocycles. The molecule has 0 unspecified atom stereocenters. The van der Waals surface area contributed by atoms with Gasteiger partial charge in [-0.15, -0.1) is 0 Å². The lowest BCUT2D eigenvalue weighted by atomic mass is 10.1. The van der Waals surface area contributed by atoms with Gasteiger partial charge in [0.15, 0.2) is 0 Å². The molecule has 0 aliphatic heterocycles. The number of pyridine rings is 1. The SMILES string of the molecule is Cc1cc(C)nc(NC(=O)c2ccc(CN(C)Cc3cnc(N)nc3)cc2)c1. The molecule has 3 aromatic rings. The van der Waals surface area contributed by atoms with Gasteiger partial charge in [-0.1, -0.05) is 12.1 Å². The first kappa shape index (κ1) is 19.4. The van der Waals surface area contributed by atoms with Crippen LogP contribution in [0.15, 0.2) is 48.8 Å². The molecule has 28 heavy (non-hydrogen) atoms. The zero-order valence-corrected chi connectivity index (χ0v) is 16.3. The van der Waals surface area contributed by atoms with E-state index in [0.717, 1.165) is 28.9 Å². The number of rotatable bonds is 6. The van der Waals surface area contributed by atoms with Crippen LogP contribution < -0.4 is 11.1 Å². The Hall–Kier alpha value is -3.32. The van der Waals surface area contributed by atoms with E-state index in [9.17, 15) is 4.79 Å². The molecule has 0 spiro atoms. The van der Waals surface area contributed by atoms with E-state index in [1.54, 1.807) is 12.4 Å². The van der Waals surface area contributed by atoms with Crippen LogP contribution in [0.4, 0.5) is 11.8 Å². The maximum Gasteiger partial charge on any atom is 0.256 e. The van der Waals surface area contributed by atoms with Gasteiger partial charge in [-0.2, -0.15) is 0 Å². The topological polar surface area (TPSA) is 97.0 Å². The number of aromatic nitrogens is 3. The minimum atomic E-state index is -0.170. The molecule has 0 fully saturated rings. The molecule has 0 bridgehead atoms. The number of anilines is 2. The van der Waals surface area contributed by atoms with Crippen molar-refractivity contribution in [2.24, 2.45) is 0 Å². The van der Waals surface area contributed by atoms with E-state index in [0.29, 0.717) is 17.9 Å². The van der Waals surface area contributed by atoms with E-state index in [-0.39, 0.29) is 11.9 Å². The molecule has 7 heteroatoms. The van der Waals surface area contributed by atoms with Gasteiger partial charge < -0.3 is 11.1 Å². The van der Waals surface area contributed by atoms with Crippen LogP contribution in [0.5, 0.6) is 0 Å². The lowest BCUT2D eigenvalue weighted by Crippen LogP contribution is -2.18. The third kappa shape index (κ3) is 5.34. The van der Waals surface area contributed by atoms with Crippen molar-refractivity contribution in [3.63, 3.8) is 0 Å². The van der Waals surface area contributed by atoms with Crippen LogP contribution in [0.25, 0.3) is 0 Å². The van der Waals surface area contributed by atoms with Gasteiger partial charge in [-0.25, -0.2) is 15.0 Å². The zero-order chi connectivity index (χ0) is 20.1. The normalized spacial score (nSPS) is 10.9. The van der Waals surface area contributed by atoms with E-state index < -0.39 is 0 Å². The van der Waals surface area contributed by atoms with Gasteiger partial charge in [0, 0.05) is 42.3 Å². The molecule has 144 valence electrons. The Labute approximate surface area is 164 Å². The van der Waals surface area contributed by atoms with E-state index >= 15 is 0 Å². The van der Waals surface area contributed by atoms with E-state index in [2.05, 4.69) is 25.2 Å². The summed E-state index contributed by atoms with van der Waals surface area (Å²) in [7, 11) is 2.02. The Balaban J connectivity index is 1.59. The van der Waals surface area contributed by atoms with Crippen LogP contribution in [0, 0.1) is 13.8 Å². The zero-order valence-electron chi connectivity index (χ0n) is 16.3. The van der Waals surface area contributed by atoms with Crippen LogP contribution in [0.2, 0.25) is 0 Å². The molecule has 0 radical (unpaired) electrons. The summed E-state index contributed by atoms with van der Waals surface area (Å²) in [6, 6.07) is 11.4. The van der Waals surface area contributed by atoms with Crippen molar-refractivity contribution in [2.45, 2.75) is 26.9 Å². The average Bonchev–Trinajstić information content (AvgIpc) is 2.63. The molecule has 0 atom stereocenters. The van der Waals surface area contributed by atoms with Gasteiger partial charge in [-0.3, -0.25) is 9.69 Å². The van der Waals surface area contributed by atoms with Crippen molar-refractivity contribution < 1.29 is 4.79 Å². The quantitative estimate of drug-likeness (QED) is 0.686. The second-order valence-corrected chi connectivity index (χ2v) is 6.94. The van der Waals surface area contributed by atoms with Gasteiger partial charge >= 0.3 is 0 Å². The summed E-state index contributed by atoms with van der Waals surface area (Å²) in [6.45, 7) is 5.34. The van der Waals surface area contributed by atoms with Gasteiger partial charge in [0.05, 0.1) is 0 Å². The van der Waals surface area contributed by atoms with E-state index in [4.69, 9.17) is 5.73 Å². The van der Waals surface area contributed by atoms with Crippen molar-refractivity contribution in [1.82, 2.24) is 19.9 Å². The fourth-order valence-corrected chi connectivity index (χ4v) is 2.98. The molecule has 2 heterocycles. The smallest absolute Gasteiger partial charge is 0.256 e. The Kier molecular flexibility index (Phi) is 5.96. The summed E-state index contributed by atoms with van der Waals surface area (Å²) in [5.74, 6) is 0.671. The summed E-state index contributed by atoms with van der Waals surface area (Å²) in [4.78, 5) is 27.0. The van der Waals surface area contributed by atoms with E-state index in [1.807, 2.05) is 57.3 Å². The number of hydrogen-bond acceptors (Lipinski definition) is 6. The molecule has 0 saturated carbocycles. The predicted molar refractivity (Wildman–Crippen MR) is 110 cm³/mol. The highest BCUT2D eigenvalue weighted by molar-refractivity contribution is 6.03. The summed E-state index contributed by atoms with van der Waals surface area (Å²) in [5, 5.41) is 2.85. The number of amides is 1. The number of nitrogens with one attached hydrogen (secondary N) is 1. The average molecular weight is 376 g/mol. The standard InChI is InChI=1S/C21H24N6O/c1-14-8-15(2)25-19(9-14)26-20(28)18-6-4-16(5-7-18)12-27(3)13-17-10-23-21(22)24-11-17/h4-11H,12-13H2,1-3H3,(H2,22,23,24)(H,25,26,28). The highest BCUT2D eigenvalue weighted by Crippen LogP contribution is 2.13. The molecule has 0 aliphatic rings. The summed E-state index contributed by atoms with van der Waals surface area (Å²) >= 11 is 0. The van der Waals surface area contributed by atoms with Crippen molar-refractivity contribution in [3.8, 4) is 0 Å². The van der Waals surface area contributed by atoms with Gasteiger partial charge in [0.1, 0.15) is 5.82 Å². The molecular formula is C21H24N6O. The molecule has 3 rings (SSSR count). The van der Waals surface area contributed by atoms with Crippen molar-refractivity contribution >= 4 is 17.7 Å². The molecule has 0 aliphatic carbocycles. The largest absolute Gasteiger partial charge is 0.368 e. The number of carbonyl (C=O) groups excluding carboxylic acids is 1. The number of benzene rings is 1. The van der Waals surface area contributed by atoms with Crippen molar-refractivity contribution in [1.29, 1.82) is 0 Å². The maximum absolute atomic E-state index is 12.5. The van der Waals surface area contributed by atoms with Crippen LogP contribution >= 0.6 is 0 Å². The Morgan fingerprint density at radius 1 is 1.04 bits per heavy atom. The van der Waals surface area contributed by atoms with Crippen LogP contribution in [0.3, 0.4) is 0 Å². The first-order valence-corrected chi connectivity index (χ1v) is 8.99. The van der Waals surface area contributed by atoms with Crippen molar-refractivity contribution in [2.75, 3.05) is 18.1 Å². The van der Waals surface area contributed by atoms with Crippen LogP contribution in [-0.2, 0) is 13.1 Å². The monoisotopic (exact) mass is 376 g/mol. The maximum atomic E-state index is 12.5. The highest BCUT2D eigenvalue weighted by Gasteiger charge is 2.09. The first-order chi connectivity index (χ1) is 13.4. The molecule has 1 aromatic carbocycles. The number of nitrogens with two attached hydrogens (primary N) is 1. The predicted octanol–water partition coefficient (Wildman–Crippen LogP) is 2.95. The summed E-state index contributed by atoms with van der Waals surface area (Å²) < 4.78 is 0. The Morgan fingerprint density at radius 3 is 2.32 bits per heavy atom. The third-order valence-corrected chi connectivity index (χ3v) is 4.19.